The summed E-state index contributed by atoms with van der Waals surface area (Å²) in [7, 11) is 0. The quantitative estimate of drug-likeness (QED) is 0.904. The monoisotopic (exact) mass is 340 g/mol. The zero-order valence-electron chi connectivity index (χ0n) is 8.45. The molecule has 0 bridgehead atoms. The maximum absolute atomic E-state index is 4.05. The van der Waals surface area contributed by atoms with Crippen molar-refractivity contribution in [3.63, 3.8) is 0 Å². The maximum Gasteiger partial charge on any atom is 0.0529 e. The minimum atomic E-state index is 0.789. The number of hydrogen-bond donors (Lipinski definition) is 1. The number of nitrogens with one attached hydrogen (secondary N) is 1. The van der Waals surface area contributed by atoms with E-state index in [0.29, 0.717) is 0 Å². The molecule has 2 nitrogen and oxygen atoms in total. The molecule has 1 heterocycles. The normalized spacial score (nSPS) is 10.1. The first-order chi connectivity index (χ1) is 7.75. The van der Waals surface area contributed by atoms with Gasteiger partial charge in [-0.3, -0.25) is 4.98 Å². The van der Waals surface area contributed by atoms with Crippen LogP contribution in [0.1, 0.15) is 5.56 Å². The van der Waals surface area contributed by atoms with Crippen molar-refractivity contribution in [1.29, 1.82) is 0 Å². The van der Waals surface area contributed by atoms with Crippen LogP contribution in [0.2, 0.25) is 0 Å². The Morgan fingerprint density at radius 2 is 2.00 bits per heavy atom. The molecule has 1 aromatic heterocycles. The van der Waals surface area contributed by atoms with E-state index in [1.165, 1.54) is 5.56 Å². The van der Waals surface area contributed by atoms with Crippen molar-refractivity contribution in [3.8, 4) is 0 Å². The van der Waals surface area contributed by atoms with Crippen molar-refractivity contribution in [1.82, 2.24) is 4.98 Å². The number of rotatable bonds is 3. The van der Waals surface area contributed by atoms with E-state index in [-0.39, 0.29) is 0 Å². The van der Waals surface area contributed by atoms with Crippen LogP contribution in [0.3, 0.4) is 0 Å². The van der Waals surface area contributed by atoms with E-state index in [9.17, 15) is 0 Å². The molecule has 0 aliphatic heterocycles. The standard InChI is InChI=1S/C12H10Br2N2/c13-11-4-3-9(6-12(11)14)7-16-10-2-1-5-15-8-10/h1-6,8,16H,7H2. The fourth-order valence-electron chi connectivity index (χ4n) is 1.32. The Hall–Kier alpha value is -0.870. The molecule has 0 radical (unpaired) electrons. The number of nitrogens with zero attached hydrogens (tertiary/aromatic N) is 1. The van der Waals surface area contributed by atoms with Gasteiger partial charge in [-0.2, -0.15) is 0 Å². The molecule has 82 valence electrons. The summed E-state index contributed by atoms with van der Waals surface area (Å²) in [5.74, 6) is 0. The van der Waals surface area contributed by atoms with E-state index in [1.807, 2.05) is 24.4 Å². The fourth-order valence-corrected chi connectivity index (χ4v) is 1.99. The fraction of sp³-hybridized carbons (Fsp3) is 0.0833. The summed E-state index contributed by atoms with van der Waals surface area (Å²) < 4.78 is 2.13. The van der Waals surface area contributed by atoms with Crippen LogP contribution in [0.4, 0.5) is 5.69 Å². The van der Waals surface area contributed by atoms with Crippen LogP contribution >= 0.6 is 31.9 Å². The first-order valence-corrected chi connectivity index (χ1v) is 6.42. The van der Waals surface area contributed by atoms with Gasteiger partial charge in [0.05, 0.1) is 5.69 Å². The Kier molecular flexibility index (Phi) is 3.96. The molecule has 0 aliphatic carbocycles. The third kappa shape index (κ3) is 3.06. The number of anilines is 1. The molecule has 16 heavy (non-hydrogen) atoms. The summed E-state index contributed by atoms with van der Waals surface area (Å²) in [6.45, 7) is 0.789. The Bertz CT molecular complexity index is 472. The second kappa shape index (κ2) is 5.46. The Morgan fingerprint density at radius 3 is 2.69 bits per heavy atom. The van der Waals surface area contributed by atoms with Crippen molar-refractivity contribution >= 4 is 37.5 Å². The highest BCUT2D eigenvalue weighted by molar-refractivity contribution is 9.13. The van der Waals surface area contributed by atoms with E-state index in [2.05, 4.69) is 54.3 Å². The van der Waals surface area contributed by atoms with Gasteiger partial charge in [-0.05, 0) is 61.7 Å². The predicted octanol–water partition coefficient (Wildman–Crippen LogP) is 4.22. The second-order valence-electron chi connectivity index (χ2n) is 3.34. The molecule has 2 rings (SSSR count). The van der Waals surface area contributed by atoms with Crippen LogP contribution in [-0.2, 0) is 6.54 Å². The lowest BCUT2D eigenvalue weighted by Crippen LogP contribution is -1.99. The van der Waals surface area contributed by atoms with Crippen LogP contribution in [0.15, 0.2) is 51.7 Å². The van der Waals surface area contributed by atoms with Gasteiger partial charge < -0.3 is 5.32 Å². The van der Waals surface area contributed by atoms with Crippen molar-refractivity contribution in [2.45, 2.75) is 6.54 Å². The molecule has 0 saturated carbocycles. The zero-order valence-corrected chi connectivity index (χ0v) is 11.6. The lowest BCUT2D eigenvalue weighted by molar-refractivity contribution is 1.13. The number of halogens is 2. The van der Waals surface area contributed by atoms with Gasteiger partial charge >= 0.3 is 0 Å². The molecule has 4 heteroatoms. The summed E-state index contributed by atoms with van der Waals surface area (Å²) in [4.78, 5) is 4.05. The van der Waals surface area contributed by atoms with Gasteiger partial charge in [-0.1, -0.05) is 6.07 Å². The number of pyridine rings is 1. The van der Waals surface area contributed by atoms with Crippen molar-refractivity contribution in [2.24, 2.45) is 0 Å². The van der Waals surface area contributed by atoms with Crippen LogP contribution < -0.4 is 5.32 Å². The summed E-state index contributed by atoms with van der Waals surface area (Å²) in [6, 6.07) is 10.1. The molecular formula is C12H10Br2N2. The molecular weight excluding hydrogens is 332 g/mol. The number of aromatic nitrogens is 1. The zero-order chi connectivity index (χ0) is 11.4. The minimum absolute atomic E-state index is 0.789. The second-order valence-corrected chi connectivity index (χ2v) is 5.05. The molecule has 0 unspecified atom stereocenters. The van der Waals surface area contributed by atoms with Crippen LogP contribution in [-0.4, -0.2) is 4.98 Å². The van der Waals surface area contributed by atoms with Crippen molar-refractivity contribution in [3.05, 3.63) is 57.2 Å². The summed E-state index contributed by atoms with van der Waals surface area (Å²) in [5, 5.41) is 3.31. The molecule has 0 saturated heterocycles. The number of hydrogen-bond acceptors (Lipinski definition) is 2. The molecule has 0 aliphatic rings. The first-order valence-electron chi connectivity index (χ1n) is 4.83. The lowest BCUT2D eigenvalue weighted by Gasteiger charge is -2.06. The first kappa shape index (κ1) is 11.6. The topological polar surface area (TPSA) is 24.9 Å². The lowest BCUT2D eigenvalue weighted by atomic mass is 10.2. The average Bonchev–Trinajstić information content (AvgIpc) is 2.32. The maximum atomic E-state index is 4.05. The van der Waals surface area contributed by atoms with Gasteiger partial charge in [0.15, 0.2) is 0 Å². The molecule has 2 aromatic rings. The number of benzene rings is 1. The third-order valence-corrected chi connectivity index (χ3v) is 4.02. The molecule has 0 fully saturated rings. The SMILES string of the molecule is Brc1ccc(CNc2cccnc2)cc1Br. The van der Waals surface area contributed by atoms with Crippen molar-refractivity contribution < 1.29 is 0 Å². The van der Waals surface area contributed by atoms with Crippen molar-refractivity contribution in [2.75, 3.05) is 5.32 Å². The largest absolute Gasteiger partial charge is 0.380 e. The Labute approximate surface area is 111 Å². The Morgan fingerprint density at radius 1 is 1.12 bits per heavy atom. The smallest absolute Gasteiger partial charge is 0.0529 e. The van der Waals surface area contributed by atoms with Gasteiger partial charge in [0.1, 0.15) is 0 Å². The highest BCUT2D eigenvalue weighted by Gasteiger charge is 1.98. The summed E-state index contributed by atoms with van der Waals surface area (Å²) in [5.41, 5.74) is 2.25. The van der Waals surface area contributed by atoms with E-state index in [1.54, 1.807) is 6.20 Å². The summed E-state index contributed by atoms with van der Waals surface area (Å²) >= 11 is 6.93. The molecule has 1 aromatic carbocycles. The van der Waals surface area contributed by atoms with E-state index in [4.69, 9.17) is 0 Å². The minimum Gasteiger partial charge on any atom is -0.380 e. The van der Waals surface area contributed by atoms with Crippen LogP contribution in [0, 0.1) is 0 Å². The van der Waals surface area contributed by atoms with Gasteiger partial charge in [0.25, 0.3) is 0 Å². The molecule has 0 spiro atoms. The molecule has 1 N–H and O–H groups in total. The van der Waals surface area contributed by atoms with E-state index >= 15 is 0 Å². The summed E-state index contributed by atoms with van der Waals surface area (Å²) in [6.07, 6.45) is 3.58. The predicted molar refractivity (Wildman–Crippen MR) is 73.4 cm³/mol. The van der Waals surface area contributed by atoms with Crippen LogP contribution in [0.25, 0.3) is 0 Å². The third-order valence-electron chi connectivity index (χ3n) is 2.14. The molecule has 0 atom stereocenters. The Balaban J connectivity index is 2.03. The van der Waals surface area contributed by atoms with Gasteiger partial charge in [-0.25, -0.2) is 0 Å². The highest BCUT2D eigenvalue weighted by Crippen LogP contribution is 2.24. The van der Waals surface area contributed by atoms with Gasteiger partial charge in [-0.15, -0.1) is 0 Å². The van der Waals surface area contributed by atoms with E-state index < -0.39 is 0 Å². The van der Waals surface area contributed by atoms with Gasteiger partial charge in [0.2, 0.25) is 0 Å². The molecule has 0 amide bonds. The average molecular weight is 342 g/mol. The highest BCUT2D eigenvalue weighted by atomic mass is 79.9. The van der Waals surface area contributed by atoms with E-state index in [0.717, 1.165) is 21.2 Å². The van der Waals surface area contributed by atoms with Gasteiger partial charge in [0, 0.05) is 27.9 Å². The van der Waals surface area contributed by atoms with Crippen LogP contribution in [0.5, 0.6) is 0 Å².